The van der Waals surface area contributed by atoms with Gasteiger partial charge >= 0.3 is 0 Å². The molecule has 25 heavy (non-hydrogen) atoms. The fourth-order valence-electron chi connectivity index (χ4n) is 2.20. The summed E-state index contributed by atoms with van der Waals surface area (Å²) in [5.74, 6) is -0.261. The first-order valence-electron chi connectivity index (χ1n) is 8.77. The number of hydrogen-bond donors (Lipinski definition) is 0. The first-order chi connectivity index (χ1) is 12.3. The maximum atomic E-state index is 12.9. The molecule has 0 atom stereocenters. The second kappa shape index (κ2) is 11.7. The van der Waals surface area contributed by atoms with Gasteiger partial charge in [0.05, 0.1) is 0 Å². The van der Waals surface area contributed by atoms with Gasteiger partial charge in [-0.1, -0.05) is 94.4 Å². The fourth-order valence-corrected chi connectivity index (χ4v) is 2.20. The first-order valence-corrected chi connectivity index (χ1v) is 8.77. The van der Waals surface area contributed by atoms with Crippen LogP contribution in [0.3, 0.4) is 0 Å². The topological polar surface area (TPSA) is 12.9 Å². The summed E-state index contributed by atoms with van der Waals surface area (Å²) in [6.45, 7) is 8.00. The van der Waals surface area contributed by atoms with E-state index in [1.54, 1.807) is 18.3 Å². The number of benzene rings is 3. The third kappa shape index (κ3) is 6.00. The van der Waals surface area contributed by atoms with Crippen LogP contribution in [0.2, 0.25) is 0 Å². The maximum Gasteiger partial charge on any atom is 0.149 e. The predicted molar refractivity (Wildman–Crippen MR) is 108 cm³/mol. The average molecular weight is 335 g/mol. The molecule has 0 spiro atoms. The minimum atomic E-state index is -0.261. The maximum absolute atomic E-state index is 12.9. The van der Waals surface area contributed by atoms with Gasteiger partial charge in [0.1, 0.15) is 11.3 Å². The van der Waals surface area contributed by atoms with E-state index >= 15 is 0 Å². The third-order valence-corrected chi connectivity index (χ3v) is 3.24. The van der Waals surface area contributed by atoms with Gasteiger partial charge in [-0.25, -0.2) is 4.39 Å². The Morgan fingerprint density at radius 2 is 1.00 bits per heavy atom. The predicted octanol–water partition coefficient (Wildman–Crippen LogP) is 7.27. The number of aromatic nitrogens is 1. The molecule has 2 heteroatoms. The first kappa shape index (κ1) is 20.3. The number of para-hydroxylation sites is 1. The minimum absolute atomic E-state index is 0.261. The summed E-state index contributed by atoms with van der Waals surface area (Å²) in [5, 5.41) is 3.46. The highest BCUT2D eigenvalue weighted by Crippen LogP contribution is 2.13. The lowest BCUT2D eigenvalue weighted by molar-refractivity contribution is 0.637. The molecule has 0 radical (unpaired) electrons. The molecular formula is C23H26FN. The van der Waals surface area contributed by atoms with E-state index in [1.165, 1.54) is 16.8 Å². The molecule has 0 saturated carbocycles. The van der Waals surface area contributed by atoms with Crippen molar-refractivity contribution < 1.29 is 4.39 Å². The molecule has 0 aliphatic carbocycles. The Kier molecular flexibility index (Phi) is 9.54. The zero-order chi connectivity index (χ0) is 18.5. The molecule has 1 nitrogen and oxygen atoms in total. The van der Waals surface area contributed by atoms with Gasteiger partial charge < -0.3 is 0 Å². The zero-order valence-electron chi connectivity index (χ0n) is 15.4. The van der Waals surface area contributed by atoms with E-state index in [0.29, 0.717) is 5.52 Å². The normalized spacial score (nSPS) is 9.00. The van der Waals surface area contributed by atoms with E-state index in [-0.39, 0.29) is 5.82 Å². The van der Waals surface area contributed by atoms with Crippen molar-refractivity contribution in [1.82, 2.24) is 4.98 Å². The van der Waals surface area contributed by atoms with Crippen molar-refractivity contribution in [3.05, 3.63) is 90.9 Å². The van der Waals surface area contributed by atoms with Crippen molar-refractivity contribution in [2.45, 2.75) is 27.7 Å². The van der Waals surface area contributed by atoms with Crippen LogP contribution in [-0.4, -0.2) is 4.98 Å². The molecule has 3 aromatic carbocycles. The lowest BCUT2D eigenvalue weighted by Crippen LogP contribution is -1.81. The molecule has 4 rings (SSSR count). The Hall–Kier alpha value is -2.74. The average Bonchev–Trinajstić information content (AvgIpc) is 2.72. The van der Waals surface area contributed by atoms with Crippen LogP contribution < -0.4 is 0 Å². The van der Waals surface area contributed by atoms with Crippen LogP contribution >= 0.6 is 0 Å². The Morgan fingerprint density at radius 3 is 1.48 bits per heavy atom. The quantitative estimate of drug-likeness (QED) is 0.329. The number of nitrogens with zero attached hydrogens (tertiary/aromatic N) is 1. The molecule has 0 fully saturated rings. The van der Waals surface area contributed by atoms with Crippen LogP contribution in [0.4, 0.5) is 4.39 Å². The lowest BCUT2D eigenvalue weighted by atomic mass is 10.1. The highest BCUT2D eigenvalue weighted by Gasteiger charge is 1.97. The molecule has 1 aromatic heterocycles. The van der Waals surface area contributed by atoms with E-state index in [9.17, 15) is 4.39 Å². The Bertz CT molecular complexity index is 801. The number of rotatable bonds is 0. The van der Waals surface area contributed by atoms with Gasteiger partial charge in [-0.3, -0.25) is 4.98 Å². The molecule has 130 valence electrons. The summed E-state index contributed by atoms with van der Waals surface area (Å²) in [7, 11) is 0. The number of fused-ring (bicyclic) bond motifs is 2. The van der Waals surface area contributed by atoms with E-state index in [1.807, 2.05) is 39.8 Å². The van der Waals surface area contributed by atoms with Crippen LogP contribution in [0.5, 0.6) is 0 Å². The summed E-state index contributed by atoms with van der Waals surface area (Å²) in [5.41, 5.74) is 0.440. The molecule has 0 amide bonds. The molecule has 0 bridgehead atoms. The monoisotopic (exact) mass is 335 g/mol. The SMILES string of the molecule is CC.CC.Fc1cccc2cccnc12.c1ccc2ccccc2c1. The molecule has 0 unspecified atom stereocenters. The Morgan fingerprint density at radius 1 is 0.560 bits per heavy atom. The van der Waals surface area contributed by atoms with Crippen LogP contribution in [-0.2, 0) is 0 Å². The summed E-state index contributed by atoms with van der Waals surface area (Å²) in [6.07, 6.45) is 1.59. The zero-order valence-corrected chi connectivity index (χ0v) is 15.4. The summed E-state index contributed by atoms with van der Waals surface area (Å²) in [4.78, 5) is 3.91. The van der Waals surface area contributed by atoms with Gasteiger partial charge in [0.15, 0.2) is 0 Å². The minimum Gasteiger partial charge on any atom is -0.253 e. The number of hydrogen-bond acceptors (Lipinski definition) is 1. The summed E-state index contributed by atoms with van der Waals surface area (Å²) < 4.78 is 12.9. The largest absolute Gasteiger partial charge is 0.253 e. The summed E-state index contributed by atoms with van der Waals surface area (Å²) in [6, 6.07) is 25.3. The molecule has 0 aliphatic heterocycles. The van der Waals surface area contributed by atoms with Crippen LogP contribution in [0.1, 0.15) is 27.7 Å². The van der Waals surface area contributed by atoms with Crippen molar-refractivity contribution in [3.8, 4) is 0 Å². The van der Waals surface area contributed by atoms with Crippen molar-refractivity contribution in [2.75, 3.05) is 0 Å². The van der Waals surface area contributed by atoms with Gasteiger partial charge in [0.25, 0.3) is 0 Å². The van der Waals surface area contributed by atoms with Gasteiger partial charge in [-0.05, 0) is 22.9 Å². The second-order valence-corrected chi connectivity index (χ2v) is 4.66. The molecule has 0 aliphatic rings. The highest BCUT2D eigenvalue weighted by molar-refractivity contribution is 5.82. The third-order valence-electron chi connectivity index (χ3n) is 3.24. The van der Waals surface area contributed by atoms with Crippen LogP contribution in [0.25, 0.3) is 21.7 Å². The lowest BCUT2D eigenvalue weighted by Gasteiger charge is -1.94. The molecule has 0 saturated heterocycles. The van der Waals surface area contributed by atoms with E-state index in [4.69, 9.17) is 0 Å². The van der Waals surface area contributed by atoms with Crippen molar-refractivity contribution in [2.24, 2.45) is 0 Å². The Labute approximate surface area is 150 Å². The van der Waals surface area contributed by atoms with E-state index in [2.05, 4.69) is 53.5 Å². The van der Waals surface area contributed by atoms with Gasteiger partial charge in [0, 0.05) is 11.6 Å². The van der Waals surface area contributed by atoms with Crippen LogP contribution in [0, 0.1) is 5.82 Å². The van der Waals surface area contributed by atoms with Crippen molar-refractivity contribution in [1.29, 1.82) is 0 Å². The van der Waals surface area contributed by atoms with E-state index in [0.717, 1.165) is 5.39 Å². The summed E-state index contributed by atoms with van der Waals surface area (Å²) >= 11 is 0. The van der Waals surface area contributed by atoms with E-state index < -0.39 is 0 Å². The number of halogens is 1. The van der Waals surface area contributed by atoms with Gasteiger partial charge in [-0.2, -0.15) is 0 Å². The number of pyridine rings is 1. The van der Waals surface area contributed by atoms with Gasteiger partial charge in [0.2, 0.25) is 0 Å². The standard InChI is InChI=1S/C10H8.C9H6FN.2C2H6/c1-2-6-10-8-4-3-7-9(10)5-1;10-8-5-1-3-7-4-2-6-11-9(7)8;2*1-2/h1-8H;1-6H;2*1-2H3. The fraction of sp³-hybridized carbons (Fsp3) is 0.174. The second-order valence-electron chi connectivity index (χ2n) is 4.66. The van der Waals surface area contributed by atoms with Crippen LogP contribution in [0.15, 0.2) is 85.1 Å². The van der Waals surface area contributed by atoms with Crippen molar-refractivity contribution in [3.63, 3.8) is 0 Å². The molecule has 0 N–H and O–H groups in total. The molecule has 1 heterocycles. The van der Waals surface area contributed by atoms with Gasteiger partial charge in [-0.15, -0.1) is 0 Å². The smallest absolute Gasteiger partial charge is 0.149 e. The van der Waals surface area contributed by atoms with Crippen molar-refractivity contribution >= 4 is 21.7 Å². The molecular weight excluding hydrogens is 309 g/mol. The Balaban J connectivity index is 0.000000210. The molecule has 4 aromatic rings. The highest BCUT2D eigenvalue weighted by atomic mass is 19.1.